The minimum Gasteiger partial charge on any atom is -0.462 e. The number of anilines is 1. The molecule has 1 N–H and O–H groups in total. The van der Waals surface area contributed by atoms with Gasteiger partial charge in [0.25, 0.3) is 5.91 Å². The monoisotopic (exact) mass is 383 g/mol. The van der Waals surface area contributed by atoms with Crippen molar-refractivity contribution in [2.45, 2.75) is 33.6 Å². The highest BCUT2D eigenvalue weighted by Crippen LogP contribution is 2.12. The summed E-state index contributed by atoms with van der Waals surface area (Å²) in [6.07, 6.45) is 0.866. The van der Waals surface area contributed by atoms with Gasteiger partial charge in [0.05, 0.1) is 18.6 Å². The number of ether oxygens (including phenoxy) is 2. The van der Waals surface area contributed by atoms with Gasteiger partial charge >= 0.3 is 11.9 Å². The molecule has 0 bridgehead atoms. The molecule has 1 amide bonds. The van der Waals surface area contributed by atoms with E-state index in [9.17, 15) is 14.4 Å². The van der Waals surface area contributed by atoms with Crippen molar-refractivity contribution in [1.82, 2.24) is 0 Å². The molecule has 0 aliphatic carbocycles. The van der Waals surface area contributed by atoms with Gasteiger partial charge in [0.2, 0.25) is 0 Å². The van der Waals surface area contributed by atoms with Crippen LogP contribution in [0, 0.1) is 13.8 Å². The van der Waals surface area contributed by atoms with Crippen LogP contribution in [-0.2, 0) is 25.5 Å². The topological polar surface area (TPSA) is 81.7 Å². The molecule has 6 nitrogen and oxygen atoms in total. The number of amides is 1. The molecule has 0 atom stereocenters. The van der Waals surface area contributed by atoms with Crippen LogP contribution in [0.4, 0.5) is 5.69 Å². The zero-order valence-corrected chi connectivity index (χ0v) is 16.4. The van der Waals surface area contributed by atoms with Gasteiger partial charge in [-0.05, 0) is 61.2 Å². The zero-order valence-electron chi connectivity index (χ0n) is 16.4. The maximum atomic E-state index is 11.9. The number of nitrogens with one attached hydrogen (secondary N) is 1. The lowest BCUT2D eigenvalue weighted by molar-refractivity contribution is -0.146. The number of esters is 2. The van der Waals surface area contributed by atoms with Gasteiger partial charge < -0.3 is 14.8 Å². The summed E-state index contributed by atoms with van der Waals surface area (Å²) in [5, 5.41) is 2.62. The standard InChI is InChI=1S/C22H25NO5/c1-4-11-27-22(26)18-7-9-19(10-8-18)23-20(24)14-28-21(25)13-17-6-5-15(2)16(3)12-17/h5-10,12H,4,11,13-14H2,1-3H3,(H,23,24). The summed E-state index contributed by atoms with van der Waals surface area (Å²) in [5.74, 6) is -1.32. The third-order valence-corrected chi connectivity index (χ3v) is 4.13. The molecular weight excluding hydrogens is 358 g/mol. The van der Waals surface area contributed by atoms with E-state index < -0.39 is 17.8 Å². The number of hydrogen-bond donors (Lipinski definition) is 1. The Labute approximate surface area is 164 Å². The van der Waals surface area contributed by atoms with Gasteiger partial charge in [-0.25, -0.2) is 4.79 Å². The van der Waals surface area contributed by atoms with E-state index in [1.165, 1.54) is 0 Å². The quantitative estimate of drug-likeness (QED) is 0.705. The second kappa shape index (κ2) is 10.3. The Hall–Kier alpha value is -3.15. The Kier molecular flexibility index (Phi) is 7.75. The lowest BCUT2D eigenvalue weighted by Crippen LogP contribution is -2.21. The van der Waals surface area contributed by atoms with E-state index in [-0.39, 0.29) is 13.0 Å². The molecule has 0 aliphatic heterocycles. The first-order chi connectivity index (χ1) is 13.4. The third-order valence-electron chi connectivity index (χ3n) is 4.13. The highest BCUT2D eigenvalue weighted by atomic mass is 16.5. The van der Waals surface area contributed by atoms with E-state index in [4.69, 9.17) is 9.47 Å². The maximum Gasteiger partial charge on any atom is 0.338 e. The Morgan fingerprint density at radius 1 is 0.929 bits per heavy atom. The molecule has 148 valence electrons. The van der Waals surface area contributed by atoms with Crippen LogP contribution in [0.5, 0.6) is 0 Å². The molecule has 6 heteroatoms. The first-order valence-electron chi connectivity index (χ1n) is 9.18. The van der Waals surface area contributed by atoms with E-state index in [0.29, 0.717) is 17.9 Å². The molecule has 2 rings (SSSR count). The summed E-state index contributed by atoms with van der Waals surface area (Å²) in [5.41, 5.74) is 4.01. The summed E-state index contributed by atoms with van der Waals surface area (Å²) in [7, 11) is 0. The normalized spacial score (nSPS) is 10.2. The molecule has 28 heavy (non-hydrogen) atoms. The predicted octanol–water partition coefficient (Wildman–Crippen LogP) is 3.59. The number of carbonyl (C=O) groups excluding carboxylic acids is 3. The van der Waals surface area contributed by atoms with Gasteiger partial charge in [0, 0.05) is 5.69 Å². The van der Waals surface area contributed by atoms with Crippen LogP contribution in [-0.4, -0.2) is 31.1 Å². The lowest BCUT2D eigenvalue weighted by Gasteiger charge is -2.08. The van der Waals surface area contributed by atoms with Crippen LogP contribution >= 0.6 is 0 Å². The minimum absolute atomic E-state index is 0.114. The lowest BCUT2D eigenvalue weighted by atomic mass is 10.0. The van der Waals surface area contributed by atoms with Gasteiger partial charge in [-0.3, -0.25) is 9.59 Å². The first-order valence-corrected chi connectivity index (χ1v) is 9.18. The number of benzene rings is 2. The molecule has 0 aliphatic rings. The Balaban J connectivity index is 1.79. The molecule has 0 spiro atoms. The van der Waals surface area contributed by atoms with Crippen LogP contribution in [0.15, 0.2) is 42.5 Å². The molecule has 0 saturated carbocycles. The van der Waals surface area contributed by atoms with Crippen molar-refractivity contribution in [2.24, 2.45) is 0 Å². The zero-order chi connectivity index (χ0) is 20.5. The largest absolute Gasteiger partial charge is 0.462 e. The molecule has 0 saturated heterocycles. The van der Waals surface area contributed by atoms with Gasteiger partial charge in [0.15, 0.2) is 6.61 Å². The van der Waals surface area contributed by atoms with E-state index in [2.05, 4.69) is 5.32 Å². The predicted molar refractivity (Wildman–Crippen MR) is 106 cm³/mol. The van der Waals surface area contributed by atoms with Crippen molar-refractivity contribution in [3.8, 4) is 0 Å². The summed E-state index contributed by atoms with van der Waals surface area (Å²) >= 11 is 0. The average Bonchev–Trinajstić information content (AvgIpc) is 2.68. The fourth-order valence-corrected chi connectivity index (χ4v) is 2.44. The smallest absolute Gasteiger partial charge is 0.338 e. The molecule has 0 radical (unpaired) electrons. The van der Waals surface area contributed by atoms with Crippen molar-refractivity contribution in [1.29, 1.82) is 0 Å². The molecule has 0 fully saturated rings. The number of carbonyl (C=O) groups is 3. The fourth-order valence-electron chi connectivity index (χ4n) is 2.44. The molecular formula is C22H25NO5. The SMILES string of the molecule is CCCOC(=O)c1ccc(NC(=O)COC(=O)Cc2ccc(C)c(C)c2)cc1. The molecule has 0 heterocycles. The summed E-state index contributed by atoms with van der Waals surface area (Å²) in [6.45, 7) is 5.89. The Morgan fingerprint density at radius 3 is 2.29 bits per heavy atom. The van der Waals surface area contributed by atoms with Crippen molar-refractivity contribution in [2.75, 3.05) is 18.5 Å². The second-order valence-electron chi connectivity index (χ2n) is 6.52. The minimum atomic E-state index is -0.465. The number of hydrogen-bond acceptors (Lipinski definition) is 5. The van der Waals surface area contributed by atoms with E-state index >= 15 is 0 Å². The van der Waals surface area contributed by atoms with Crippen molar-refractivity contribution < 1.29 is 23.9 Å². The fraction of sp³-hybridized carbons (Fsp3) is 0.318. The van der Waals surface area contributed by atoms with E-state index in [1.54, 1.807) is 24.3 Å². The van der Waals surface area contributed by atoms with Gasteiger partial charge in [0.1, 0.15) is 0 Å². The van der Waals surface area contributed by atoms with Gasteiger partial charge in [-0.1, -0.05) is 25.1 Å². The summed E-state index contributed by atoms with van der Waals surface area (Å²) in [4.78, 5) is 35.6. The van der Waals surface area contributed by atoms with Crippen LogP contribution in [0.1, 0.15) is 40.4 Å². The van der Waals surface area contributed by atoms with E-state index in [1.807, 2.05) is 39.0 Å². The molecule has 2 aromatic carbocycles. The highest BCUT2D eigenvalue weighted by Gasteiger charge is 2.11. The van der Waals surface area contributed by atoms with Gasteiger partial charge in [-0.2, -0.15) is 0 Å². The molecule has 0 unspecified atom stereocenters. The number of rotatable bonds is 8. The summed E-state index contributed by atoms with van der Waals surface area (Å²) < 4.78 is 10.1. The van der Waals surface area contributed by atoms with E-state index in [0.717, 1.165) is 23.1 Å². The van der Waals surface area contributed by atoms with Crippen molar-refractivity contribution in [3.63, 3.8) is 0 Å². The Morgan fingerprint density at radius 2 is 1.64 bits per heavy atom. The van der Waals surface area contributed by atoms with Crippen LogP contribution in [0.25, 0.3) is 0 Å². The van der Waals surface area contributed by atoms with Crippen molar-refractivity contribution in [3.05, 3.63) is 64.7 Å². The first kappa shape index (κ1) is 21.2. The van der Waals surface area contributed by atoms with Crippen molar-refractivity contribution >= 4 is 23.5 Å². The molecule has 2 aromatic rings. The second-order valence-corrected chi connectivity index (χ2v) is 6.52. The van der Waals surface area contributed by atoms with Crippen LogP contribution in [0.3, 0.4) is 0 Å². The maximum absolute atomic E-state index is 11.9. The third kappa shape index (κ3) is 6.54. The Bertz CT molecular complexity index is 843. The van der Waals surface area contributed by atoms with Crippen LogP contribution in [0.2, 0.25) is 0 Å². The average molecular weight is 383 g/mol. The number of aryl methyl sites for hydroxylation is 2. The molecule has 0 aromatic heterocycles. The van der Waals surface area contributed by atoms with Gasteiger partial charge in [-0.15, -0.1) is 0 Å². The van der Waals surface area contributed by atoms with Crippen LogP contribution < -0.4 is 5.32 Å². The highest BCUT2D eigenvalue weighted by molar-refractivity contribution is 5.94. The summed E-state index contributed by atoms with van der Waals surface area (Å²) in [6, 6.07) is 12.1.